The molecule has 0 atom stereocenters. The van der Waals surface area contributed by atoms with E-state index in [1.165, 1.54) is 0 Å². The quantitative estimate of drug-likeness (QED) is 0.752. The van der Waals surface area contributed by atoms with Gasteiger partial charge in [0.2, 0.25) is 5.91 Å². The molecule has 31 heavy (non-hydrogen) atoms. The van der Waals surface area contributed by atoms with Crippen molar-refractivity contribution >= 4 is 29.1 Å². The summed E-state index contributed by atoms with van der Waals surface area (Å²) < 4.78 is 0. The number of amides is 3. The Balaban J connectivity index is 1.32. The molecule has 4 rings (SSSR count). The van der Waals surface area contributed by atoms with Gasteiger partial charge in [-0.05, 0) is 62.1 Å². The molecule has 0 spiro atoms. The van der Waals surface area contributed by atoms with Gasteiger partial charge in [0.25, 0.3) is 11.8 Å². The van der Waals surface area contributed by atoms with Gasteiger partial charge in [-0.25, -0.2) is 0 Å². The first-order chi connectivity index (χ1) is 15.1. The molecule has 0 radical (unpaired) electrons. The van der Waals surface area contributed by atoms with Crippen molar-refractivity contribution in [1.29, 1.82) is 0 Å². The van der Waals surface area contributed by atoms with Crippen LogP contribution in [0.25, 0.3) is 0 Å². The molecule has 2 aliphatic heterocycles. The predicted octanol–water partition coefficient (Wildman–Crippen LogP) is 3.21. The molecule has 162 valence electrons. The van der Waals surface area contributed by atoms with E-state index in [1.807, 2.05) is 21.9 Å². The molecule has 7 heteroatoms. The fourth-order valence-electron chi connectivity index (χ4n) is 4.09. The fraction of sp³-hybridized carbons (Fsp3) is 0.375. The maximum atomic E-state index is 12.5. The van der Waals surface area contributed by atoms with Crippen LogP contribution in [0.5, 0.6) is 0 Å². The monoisotopic (exact) mass is 420 g/mol. The summed E-state index contributed by atoms with van der Waals surface area (Å²) in [5.41, 5.74) is 2.52. The van der Waals surface area contributed by atoms with Crippen molar-refractivity contribution in [2.24, 2.45) is 0 Å². The van der Waals surface area contributed by atoms with Gasteiger partial charge in [-0.3, -0.25) is 14.4 Å². The number of nitrogens with zero attached hydrogens (tertiary/aromatic N) is 2. The van der Waals surface area contributed by atoms with Crippen LogP contribution < -0.4 is 10.6 Å². The molecule has 2 fully saturated rings. The van der Waals surface area contributed by atoms with Gasteiger partial charge in [0, 0.05) is 48.7 Å². The number of benzene rings is 2. The highest BCUT2D eigenvalue weighted by molar-refractivity contribution is 5.98. The van der Waals surface area contributed by atoms with Crippen molar-refractivity contribution in [3.05, 3.63) is 59.7 Å². The molecular formula is C24H28N4O3. The zero-order valence-electron chi connectivity index (χ0n) is 17.6. The lowest BCUT2D eigenvalue weighted by Crippen LogP contribution is -2.28. The predicted molar refractivity (Wildman–Crippen MR) is 120 cm³/mol. The summed E-state index contributed by atoms with van der Waals surface area (Å²) in [5.74, 6) is -0.182. The number of hydrogen-bond acceptors (Lipinski definition) is 4. The van der Waals surface area contributed by atoms with Gasteiger partial charge in [0.15, 0.2) is 0 Å². The Labute approximate surface area is 182 Å². The van der Waals surface area contributed by atoms with Crippen LogP contribution in [0.1, 0.15) is 46.4 Å². The van der Waals surface area contributed by atoms with Crippen molar-refractivity contribution < 1.29 is 14.4 Å². The second-order valence-corrected chi connectivity index (χ2v) is 8.06. The van der Waals surface area contributed by atoms with E-state index in [1.54, 1.807) is 36.4 Å². The fourth-order valence-corrected chi connectivity index (χ4v) is 4.09. The minimum atomic E-state index is -0.220. The Kier molecular flexibility index (Phi) is 6.50. The number of rotatable bonds is 6. The Bertz CT molecular complexity index is 963. The molecule has 2 aliphatic rings. The number of carbonyl (C=O) groups is 3. The lowest BCUT2D eigenvalue weighted by atomic mass is 10.1. The lowest BCUT2D eigenvalue weighted by molar-refractivity contribution is -0.114. The average molecular weight is 421 g/mol. The minimum absolute atomic E-state index is 0.00575. The molecule has 0 bridgehead atoms. The minimum Gasteiger partial charge on any atom is -0.376 e. The van der Waals surface area contributed by atoms with E-state index in [4.69, 9.17) is 0 Å². The molecule has 2 aromatic rings. The van der Waals surface area contributed by atoms with Crippen LogP contribution in [0.3, 0.4) is 0 Å². The van der Waals surface area contributed by atoms with Crippen LogP contribution in [0.4, 0.5) is 11.4 Å². The third kappa shape index (κ3) is 5.23. The molecule has 2 aromatic carbocycles. The second-order valence-electron chi connectivity index (χ2n) is 8.06. The van der Waals surface area contributed by atoms with Gasteiger partial charge in [-0.15, -0.1) is 0 Å². The van der Waals surface area contributed by atoms with Crippen molar-refractivity contribution in [2.75, 3.05) is 43.4 Å². The zero-order chi connectivity index (χ0) is 21.6. The number of carbonyl (C=O) groups excluding carboxylic acids is 3. The van der Waals surface area contributed by atoms with Crippen molar-refractivity contribution in [3.63, 3.8) is 0 Å². The summed E-state index contributed by atoms with van der Waals surface area (Å²) in [6.45, 7) is 3.25. The van der Waals surface area contributed by atoms with Gasteiger partial charge in [-0.2, -0.15) is 0 Å². The van der Waals surface area contributed by atoms with Gasteiger partial charge in [0.1, 0.15) is 0 Å². The highest BCUT2D eigenvalue weighted by atomic mass is 16.2. The van der Waals surface area contributed by atoms with Crippen molar-refractivity contribution in [3.8, 4) is 0 Å². The summed E-state index contributed by atoms with van der Waals surface area (Å²) in [5, 5.41) is 5.91. The first kappa shape index (κ1) is 20.9. The number of anilines is 2. The molecule has 2 saturated heterocycles. The molecule has 0 unspecified atom stereocenters. The van der Waals surface area contributed by atoms with E-state index < -0.39 is 0 Å². The van der Waals surface area contributed by atoms with E-state index >= 15 is 0 Å². The summed E-state index contributed by atoms with van der Waals surface area (Å²) in [7, 11) is 0. The lowest BCUT2D eigenvalue weighted by Gasteiger charge is -2.16. The van der Waals surface area contributed by atoms with Crippen LogP contribution in [0.2, 0.25) is 0 Å². The Morgan fingerprint density at radius 1 is 0.710 bits per heavy atom. The van der Waals surface area contributed by atoms with Gasteiger partial charge >= 0.3 is 0 Å². The van der Waals surface area contributed by atoms with Crippen LogP contribution in [-0.4, -0.2) is 60.2 Å². The summed E-state index contributed by atoms with van der Waals surface area (Å²) in [4.78, 5) is 41.2. The van der Waals surface area contributed by atoms with Crippen LogP contribution in [0, 0.1) is 0 Å². The molecule has 2 heterocycles. The van der Waals surface area contributed by atoms with E-state index in [-0.39, 0.29) is 24.3 Å². The van der Waals surface area contributed by atoms with Gasteiger partial charge in [0.05, 0.1) is 6.54 Å². The molecule has 3 amide bonds. The molecule has 0 aliphatic carbocycles. The summed E-state index contributed by atoms with van der Waals surface area (Å²) >= 11 is 0. The molecular weight excluding hydrogens is 392 g/mol. The smallest absolute Gasteiger partial charge is 0.253 e. The topological polar surface area (TPSA) is 81.8 Å². The standard InChI is InChI=1S/C24H28N4O3/c29-22(26-21-10-6-8-19(16-21)24(31)28-13-3-4-14-28)17-25-20-9-5-7-18(15-20)23(30)27-11-1-2-12-27/h5-10,15-16,25H,1-4,11-14,17H2,(H,26,29). The van der Waals surface area contributed by atoms with E-state index in [9.17, 15) is 14.4 Å². The number of hydrogen-bond donors (Lipinski definition) is 2. The second kappa shape index (κ2) is 9.64. The average Bonchev–Trinajstić information content (AvgIpc) is 3.52. The Hall–Kier alpha value is -3.35. The number of likely N-dealkylation sites (tertiary alicyclic amines) is 2. The molecule has 7 nitrogen and oxygen atoms in total. The van der Waals surface area contributed by atoms with Crippen LogP contribution in [-0.2, 0) is 4.79 Å². The first-order valence-corrected chi connectivity index (χ1v) is 10.9. The third-order valence-corrected chi connectivity index (χ3v) is 5.74. The van der Waals surface area contributed by atoms with Gasteiger partial charge < -0.3 is 20.4 Å². The van der Waals surface area contributed by atoms with E-state index in [2.05, 4.69) is 10.6 Å². The highest BCUT2D eigenvalue weighted by Crippen LogP contribution is 2.18. The van der Waals surface area contributed by atoms with Crippen LogP contribution >= 0.6 is 0 Å². The van der Waals surface area contributed by atoms with Crippen molar-refractivity contribution in [2.45, 2.75) is 25.7 Å². The normalized spacial score (nSPS) is 15.7. The first-order valence-electron chi connectivity index (χ1n) is 10.9. The highest BCUT2D eigenvalue weighted by Gasteiger charge is 2.20. The zero-order valence-corrected chi connectivity index (χ0v) is 17.6. The summed E-state index contributed by atoms with van der Waals surface area (Å²) in [6.07, 6.45) is 4.18. The Morgan fingerprint density at radius 2 is 1.19 bits per heavy atom. The van der Waals surface area contributed by atoms with Crippen LogP contribution in [0.15, 0.2) is 48.5 Å². The maximum absolute atomic E-state index is 12.5. The van der Waals surface area contributed by atoms with Gasteiger partial charge in [-0.1, -0.05) is 12.1 Å². The summed E-state index contributed by atoms with van der Waals surface area (Å²) in [6, 6.07) is 14.3. The van der Waals surface area contributed by atoms with E-state index in [0.717, 1.165) is 57.5 Å². The largest absolute Gasteiger partial charge is 0.376 e. The SMILES string of the molecule is O=C(CNc1cccc(C(=O)N2CCCC2)c1)Nc1cccc(C(=O)N2CCCC2)c1. The number of nitrogens with one attached hydrogen (secondary N) is 2. The Morgan fingerprint density at radius 3 is 1.74 bits per heavy atom. The van der Waals surface area contributed by atoms with E-state index in [0.29, 0.717) is 16.8 Å². The molecule has 0 saturated carbocycles. The maximum Gasteiger partial charge on any atom is 0.253 e. The molecule has 0 aromatic heterocycles. The van der Waals surface area contributed by atoms with Crippen molar-refractivity contribution in [1.82, 2.24) is 9.80 Å². The molecule has 2 N–H and O–H groups in total. The third-order valence-electron chi connectivity index (χ3n) is 5.74.